The van der Waals surface area contributed by atoms with Crippen LogP contribution in [0.15, 0.2) is 36.2 Å². The maximum atomic E-state index is 10.6. The first-order valence-electron chi connectivity index (χ1n) is 6.57. The molecule has 2 rings (SSSR count). The van der Waals surface area contributed by atoms with Crippen LogP contribution in [0.3, 0.4) is 0 Å². The lowest BCUT2D eigenvalue weighted by Crippen LogP contribution is -2.06. The van der Waals surface area contributed by atoms with Gasteiger partial charge in [-0.25, -0.2) is 4.68 Å². The third kappa shape index (κ3) is 3.87. The summed E-state index contributed by atoms with van der Waals surface area (Å²) in [4.78, 5) is 10.1. The number of hydrogen-bond acceptors (Lipinski definition) is 7. The van der Waals surface area contributed by atoms with E-state index in [1.54, 1.807) is 30.3 Å². The second-order valence-electron chi connectivity index (χ2n) is 4.46. The zero-order valence-corrected chi connectivity index (χ0v) is 12.5. The molecular weight excluding hydrogens is 314 g/mol. The van der Waals surface area contributed by atoms with Crippen molar-refractivity contribution in [1.29, 1.82) is 10.5 Å². The van der Waals surface area contributed by atoms with Crippen molar-refractivity contribution in [2.24, 2.45) is 0 Å². The SMILES string of the molecule is COc1cc(C=C(C#N)C#N)ccc1OCn1cc([N+](=O)[O-])cn1. The molecule has 9 heteroatoms. The molecule has 0 radical (unpaired) electrons. The van der Waals surface area contributed by atoms with E-state index in [1.807, 2.05) is 0 Å². The van der Waals surface area contributed by atoms with Gasteiger partial charge >= 0.3 is 5.69 Å². The number of benzene rings is 1. The summed E-state index contributed by atoms with van der Waals surface area (Å²) in [5, 5.41) is 31.9. The fraction of sp³-hybridized carbons (Fsp3) is 0.133. The van der Waals surface area contributed by atoms with Crippen LogP contribution in [0.25, 0.3) is 6.08 Å². The van der Waals surface area contributed by atoms with E-state index >= 15 is 0 Å². The molecule has 0 amide bonds. The van der Waals surface area contributed by atoms with E-state index in [9.17, 15) is 10.1 Å². The summed E-state index contributed by atoms with van der Waals surface area (Å²) in [5.74, 6) is 0.781. The number of nitrogens with zero attached hydrogens (tertiary/aromatic N) is 5. The number of nitro groups is 1. The van der Waals surface area contributed by atoms with Gasteiger partial charge in [-0.05, 0) is 23.8 Å². The summed E-state index contributed by atoms with van der Waals surface area (Å²) in [6.45, 7) is -0.0406. The van der Waals surface area contributed by atoms with Crippen LogP contribution >= 0.6 is 0 Å². The lowest BCUT2D eigenvalue weighted by atomic mass is 10.1. The summed E-state index contributed by atoms with van der Waals surface area (Å²) in [5.41, 5.74) is 0.438. The van der Waals surface area contributed by atoms with Gasteiger partial charge in [0.2, 0.25) is 0 Å². The molecule has 0 fully saturated rings. The fourth-order valence-electron chi connectivity index (χ4n) is 1.80. The largest absolute Gasteiger partial charge is 0.493 e. The molecule has 120 valence electrons. The first-order chi connectivity index (χ1) is 11.6. The number of aromatic nitrogens is 2. The zero-order chi connectivity index (χ0) is 17.5. The number of hydrogen-bond donors (Lipinski definition) is 0. The Labute approximate surface area is 136 Å². The molecular formula is C15H11N5O4. The van der Waals surface area contributed by atoms with Gasteiger partial charge in [0, 0.05) is 0 Å². The van der Waals surface area contributed by atoms with Crippen LogP contribution < -0.4 is 9.47 Å². The monoisotopic (exact) mass is 325 g/mol. The van der Waals surface area contributed by atoms with Crippen molar-refractivity contribution in [3.8, 4) is 23.6 Å². The average Bonchev–Trinajstić information content (AvgIpc) is 3.07. The molecule has 0 saturated carbocycles. The number of allylic oxidation sites excluding steroid dienone is 1. The Morgan fingerprint density at radius 1 is 1.42 bits per heavy atom. The molecule has 0 spiro atoms. The highest BCUT2D eigenvalue weighted by atomic mass is 16.6. The summed E-state index contributed by atoms with van der Waals surface area (Å²) < 4.78 is 12.0. The Hall–Kier alpha value is -3.85. The fourth-order valence-corrected chi connectivity index (χ4v) is 1.80. The molecule has 1 heterocycles. The number of ether oxygens (including phenoxy) is 2. The first kappa shape index (κ1) is 16.5. The summed E-state index contributed by atoms with van der Waals surface area (Å²) in [6.07, 6.45) is 3.79. The molecule has 0 N–H and O–H groups in total. The van der Waals surface area contributed by atoms with E-state index in [1.165, 1.54) is 24.1 Å². The van der Waals surface area contributed by atoms with E-state index in [0.717, 1.165) is 6.20 Å². The topological polar surface area (TPSA) is 127 Å². The molecule has 0 aliphatic carbocycles. The Morgan fingerprint density at radius 2 is 2.17 bits per heavy atom. The molecule has 2 aromatic rings. The van der Waals surface area contributed by atoms with Crippen LogP contribution in [0.5, 0.6) is 11.5 Å². The molecule has 0 aliphatic rings. The van der Waals surface area contributed by atoms with Crippen LogP contribution in [-0.2, 0) is 6.73 Å². The minimum absolute atomic E-state index is 0.0328. The molecule has 9 nitrogen and oxygen atoms in total. The van der Waals surface area contributed by atoms with Gasteiger partial charge in [0.25, 0.3) is 0 Å². The predicted molar refractivity (Wildman–Crippen MR) is 81.7 cm³/mol. The normalized spacial score (nSPS) is 9.46. The number of nitriles is 2. The van der Waals surface area contributed by atoms with Gasteiger partial charge < -0.3 is 9.47 Å². The number of rotatable bonds is 6. The lowest BCUT2D eigenvalue weighted by Gasteiger charge is -2.11. The molecule has 0 unspecified atom stereocenters. The van der Waals surface area contributed by atoms with E-state index in [2.05, 4.69) is 5.10 Å². The molecule has 24 heavy (non-hydrogen) atoms. The van der Waals surface area contributed by atoms with Gasteiger partial charge in [0.05, 0.1) is 12.0 Å². The molecule has 1 aromatic carbocycles. The number of methoxy groups -OCH3 is 1. The van der Waals surface area contributed by atoms with Crippen molar-refractivity contribution in [3.63, 3.8) is 0 Å². The van der Waals surface area contributed by atoms with Crippen molar-refractivity contribution in [3.05, 3.63) is 51.8 Å². The molecule has 0 bridgehead atoms. The van der Waals surface area contributed by atoms with Gasteiger partial charge in [0.15, 0.2) is 18.2 Å². The van der Waals surface area contributed by atoms with E-state index in [-0.39, 0.29) is 18.0 Å². The van der Waals surface area contributed by atoms with Crippen molar-refractivity contribution >= 4 is 11.8 Å². The van der Waals surface area contributed by atoms with Crippen LogP contribution in [0.4, 0.5) is 5.69 Å². The Morgan fingerprint density at radius 3 is 2.75 bits per heavy atom. The standard InChI is InChI=1S/C15H11N5O4/c1-23-15-5-11(4-12(6-16)7-17)2-3-14(15)24-10-19-9-13(8-18-19)20(21)22/h2-5,8-9H,10H2,1H3. The van der Waals surface area contributed by atoms with Crippen LogP contribution in [0.2, 0.25) is 0 Å². The summed E-state index contributed by atoms with van der Waals surface area (Å²) in [6, 6.07) is 8.41. The predicted octanol–water partition coefficient (Wildman–Crippen LogP) is 2.27. The van der Waals surface area contributed by atoms with Crippen molar-refractivity contribution in [1.82, 2.24) is 9.78 Å². The maximum absolute atomic E-state index is 10.6. The first-order valence-corrected chi connectivity index (χ1v) is 6.57. The molecule has 0 saturated heterocycles. The Balaban J connectivity index is 2.16. The van der Waals surface area contributed by atoms with Gasteiger partial charge in [-0.2, -0.15) is 15.6 Å². The smallest absolute Gasteiger partial charge is 0.307 e. The van der Waals surface area contributed by atoms with E-state index in [0.29, 0.717) is 17.1 Å². The quantitative estimate of drug-likeness (QED) is 0.452. The van der Waals surface area contributed by atoms with Gasteiger partial charge in [-0.3, -0.25) is 10.1 Å². The van der Waals surface area contributed by atoms with Gasteiger partial charge in [-0.1, -0.05) is 6.07 Å². The van der Waals surface area contributed by atoms with Crippen molar-refractivity contribution in [2.45, 2.75) is 6.73 Å². The molecule has 0 atom stereocenters. The lowest BCUT2D eigenvalue weighted by molar-refractivity contribution is -0.385. The third-order valence-corrected chi connectivity index (χ3v) is 2.92. The highest BCUT2D eigenvalue weighted by Gasteiger charge is 2.10. The van der Waals surface area contributed by atoms with Crippen molar-refractivity contribution in [2.75, 3.05) is 7.11 Å². The van der Waals surface area contributed by atoms with E-state index in [4.69, 9.17) is 20.0 Å². The zero-order valence-electron chi connectivity index (χ0n) is 12.5. The van der Waals surface area contributed by atoms with Crippen LogP contribution in [0, 0.1) is 32.8 Å². The van der Waals surface area contributed by atoms with Gasteiger partial charge in [0.1, 0.15) is 30.1 Å². The minimum atomic E-state index is -0.548. The third-order valence-electron chi connectivity index (χ3n) is 2.92. The maximum Gasteiger partial charge on any atom is 0.307 e. The van der Waals surface area contributed by atoms with E-state index < -0.39 is 4.92 Å². The minimum Gasteiger partial charge on any atom is -0.493 e. The second-order valence-corrected chi connectivity index (χ2v) is 4.46. The second kappa shape index (κ2) is 7.42. The Kier molecular flexibility index (Phi) is 5.11. The summed E-state index contributed by atoms with van der Waals surface area (Å²) in [7, 11) is 1.45. The highest BCUT2D eigenvalue weighted by Crippen LogP contribution is 2.29. The highest BCUT2D eigenvalue weighted by molar-refractivity contribution is 5.64. The average molecular weight is 325 g/mol. The van der Waals surface area contributed by atoms with Gasteiger partial charge in [-0.15, -0.1) is 0 Å². The Bertz CT molecular complexity index is 857. The molecule has 1 aromatic heterocycles. The van der Waals surface area contributed by atoms with Crippen molar-refractivity contribution < 1.29 is 14.4 Å². The summed E-state index contributed by atoms with van der Waals surface area (Å²) >= 11 is 0. The van der Waals surface area contributed by atoms with Crippen LogP contribution in [-0.4, -0.2) is 21.8 Å². The van der Waals surface area contributed by atoms with Crippen LogP contribution in [0.1, 0.15) is 5.56 Å². The molecule has 0 aliphatic heterocycles.